The lowest BCUT2D eigenvalue weighted by molar-refractivity contribution is -0.112. The molecule has 0 aliphatic heterocycles. The van der Waals surface area contributed by atoms with Crippen LogP contribution in [0.5, 0.6) is 11.5 Å². The summed E-state index contributed by atoms with van der Waals surface area (Å²) in [5.41, 5.74) is 1.83. The van der Waals surface area contributed by atoms with Crippen LogP contribution in [0.3, 0.4) is 0 Å². The number of carbonyl (C=O) groups is 1. The second-order valence-corrected chi connectivity index (χ2v) is 5.90. The number of hydrogen-bond donors (Lipinski definition) is 1. The molecule has 1 heterocycles. The first-order chi connectivity index (χ1) is 14.1. The van der Waals surface area contributed by atoms with E-state index in [4.69, 9.17) is 9.47 Å². The predicted molar refractivity (Wildman–Crippen MR) is 109 cm³/mol. The molecule has 144 valence electrons. The fourth-order valence-electron chi connectivity index (χ4n) is 2.58. The van der Waals surface area contributed by atoms with E-state index in [2.05, 4.69) is 15.3 Å². The molecule has 7 heteroatoms. The average Bonchev–Trinajstić information content (AvgIpc) is 2.78. The van der Waals surface area contributed by atoms with Crippen LogP contribution in [0.2, 0.25) is 0 Å². The summed E-state index contributed by atoms with van der Waals surface area (Å²) < 4.78 is 10.4. The number of nitrogens with one attached hydrogen (secondary N) is 1. The van der Waals surface area contributed by atoms with Crippen molar-refractivity contribution in [2.75, 3.05) is 19.5 Å². The van der Waals surface area contributed by atoms with E-state index in [9.17, 15) is 10.1 Å². The van der Waals surface area contributed by atoms with Crippen molar-refractivity contribution in [2.45, 2.75) is 0 Å². The zero-order valence-corrected chi connectivity index (χ0v) is 15.9. The smallest absolute Gasteiger partial charge is 0.266 e. The molecule has 0 saturated carbocycles. The molecule has 1 amide bonds. The Hall–Kier alpha value is -4.18. The monoisotopic (exact) mass is 386 g/mol. The van der Waals surface area contributed by atoms with Crippen molar-refractivity contribution in [3.8, 4) is 29.0 Å². The summed E-state index contributed by atoms with van der Waals surface area (Å²) in [5, 5.41) is 12.1. The summed E-state index contributed by atoms with van der Waals surface area (Å²) in [6.45, 7) is 0. The van der Waals surface area contributed by atoms with Crippen molar-refractivity contribution in [3.63, 3.8) is 0 Å². The fourth-order valence-corrected chi connectivity index (χ4v) is 2.58. The van der Waals surface area contributed by atoms with Gasteiger partial charge in [0.25, 0.3) is 5.91 Å². The van der Waals surface area contributed by atoms with Crippen molar-refractivity contribution in [1.82, 2.24) is 9.97 Å². The second kappa shape index (κ2) is 9.15. The van der Waals surface area contributed by atoms with E-state index >= 15 is 0 Å². The summed E-state index contributed by atoms with van der Waals surface area (Å²) in [4.78, 5) is 21.1. The van der Waals surface area contributed by atoms with Gasteiger partial charge in [-0.15, -0.1) is 0 Å². The minimum Gasteiger partial charge on any atom is -0.493 e. The first-order valence-electron chi connectivity index (χ1n) is 8.67. The minimum atomic E-state index is -0.549. The maximum absolute atomic E-state index is 12.5. The third kappa shape index (κ3) is 4.76. The number of carbonyl (C=O) groups excluding carboxylic acids is 1. The highest BCUT2D eigenvalue weighted by Crippen LogP contribution is 2.29. The van der Waals surface area contributed by atoms with Gasteiger partial charge in [0.2, 0.25) is 0 Å². The summed E-state index contributed by atoms with van der Waals surface area (Å²) in [6.07, 6.45) is 4.57. The molecule has 0 aliphatic rings. The first kappa shape index (κ1) is 19.6. The summed E-state index contributed by atoms with van der Waals surface area (Å²) in [7, 11) is 3.03. The predicted octanol–water partition coefficient (Wildman–Crippen LogP) is 3.71. The number of aromatic nitrogens is 2. The van der Waals surface area contributed by atoms with Gasteiger partial charge in [0.15, 0.2) is 17.3 Å². The van der Waals surface area contributed by atoms with Crippen LogP contribution in [0, 0.1) is 11.3 Å². The fraction of sp³-hybridized carbons (Fsp3) is 0.0909. The van der Waals surface area contributed by atoms with Crippen LogP contribution >= 0.6 is 0 Å². The number of benzene rings is 2. The van der Waals surface area contributed by atoms with Crippen molar-refractivity contribution in [1.29, 1.82) is 5.26 Å². The van der Waals surface area contributed by atoms with E-state index in [1.54, 1.807) is 30.6 Å². The molecule has 0 bridgehead atoms. The highest BCUT2D eigenvalue weighted by atomic mass is 16.5. The topological polar surface area (TPSA) is 97.1 Å². The largest absolute Gasteiger partial charge is 0.493 e. The van der Waals surface area contributed by atoms with Crippen LogP contribution < -0.4 is 14.8 Å². The summed E-state index contributed by atoms with van der Waals surface area (Å²) >= 11 is 0. The van der Waals surface area contributed by atoms with Gasteiger partial charge >= 0.3 is 0 Å². The Labute approximate surface area is 168 Å². The van der Waals surface area contributed by atoms with Crippen LogP contribution in [0.25, 0.3) is 17.5 Å². The number of ether oxygens (including phenoxy) is 2. The molecule has 0 unspecified atom stereocenters. The highest BCUT2D eigenvalue weighted by molar-refractivity contribution is 6.09. The van der Waals surface area contributed by atoms with Gasteiger partial charge in [0, 0.05) is 35.3 Å². The number of anilines is 1. The molecule has 1 N–H and O–H groups in total. The van der Waals surface area contributed by atoms with Gasteiger partial charge in [-0.3, -0.25) is 4.79 Å². The van der Waals surface area contributed by atoms with Crippen molar-refractivity contribution >= 4 is 17.7 Å². The van der Waals surface area contributed by atoms with Crippen LogP contribution in [0.15, 0.2) is 66.5 Å². The van der Waals surface area contributed by atoms with Crippen molar-refractivity contribution < 1.29 is 14.3 Å². The molecule has 0 fully saturated rings. The molecule has 0 aliphatic carbocycles. The minimum absolute atomic E-state index is 0.0733. The number of hydrogen-bond acceptors (Lipinski definition) is 6. The van der Waals surface area contributed by atoms with E-state index in [1.807, 2.05) is 36.4 Å². The molecule has 2 aromatic carbocycles. The normalized spacial score (nSPS) is 10.7. The van der Waals surface area contributed by atoms with Gasteiger partial charge in [-0.2, -0.15) is 5.26 Å². The van der Waals surface area contributed by atoms with Crippen molar-refractivity contribution in [2.24, 2.45) is 0 Å². The van der Waals surface area contributed by atoms with Crippen LogP contribution in [-0.4, -0.2) is 30.1 Å². The third-order valence-corrected chi connectivity index (χ3v) is 4.02. The van der Waals surface area contributed by atoms with Crippen LogP contribution in [-0.2, 0) is 4.79 Å². The molecular weight excluding hydrogens is 368 g/mol. The Morgan fingerprint density at radius 1 is 1.03 bits per heavy atom. The van der Waals surface area contributed by atoms with Gasteiger partial charge in [-0.25, -0.2) is 9.97 Å². The molecule has 0 saturated heterocycles. The molecule has 0 spiro atoms. The molecule has 3 rings (SSSR count). The molecule has 0 radical (unpaired) electrons. The van der Waals surface area contributed by atoms with E-state index in [0.717, 1.165) is 5.56 Å². The number of rotatable bonds is 6. The molecule has 29 heavy (non-hydrogen) atoms. The van der Waals surface area contributed by atoms with E-state index in [1.165, 1.54) is 20.3 Å². The average molecular weight is 386 g/mol. The lowest BCUT2D eigenvalue weighted by atomic mass is 10.1. The quantitative estimate of drug-likeness (QED) is 0.512. The Balaban J connectivity index is 1.77. The van der Waals surface area contributed by atoms with E-state index in [0.29, 0.717) is 28.6 Å². The van der Waals surface area contributed by atoms with E-state index in [-0.39, 0.29) is 5.57 Å². The molecular formula is C22H18N4O3. The zero-order valence-electron chi connectivity index (χ0n) is 15.9. The zero-order chi connectivity index (χ0) is 20.6. The van der Waals surface area contributed by atoms with Gasteiger partial charge in [0.05, 0.1) is 14.2 Å². The maximum atomic E-state index is 12.5. The molecule has 1 aromatic heterocycles. The summed E-state index contributed by atoms with van der Waals surface area (Å²) in [5.74, 6) is 1.03. The summed E-state index contributed by atoms with van der Waals surface area (Å²) in [6, 6.07) is 16.4. The van der Waals surface area contributed by atoms with E-state index < -0.39 is 5.91 Å². The first-order valence-corrected chi connectivity index (χ1v) is 8.67. The Bertz CT molecular complexity index is 1070. The molecule has 3 aromatic rings. The van der Waals surface area contributed by atoms with Crippen molar-refractivity contribution in [3.05, 3.63) is 72.1 Å². The van der Waals surface area contributed by atoms with Crippen LogP contribution in [0.4, 0.5) is 5.69 Å². The SMILES string of the molecule is COc1ccc(NC(=O)C(C#N)=Cc2cnc(-c3ccccc3)nc2)cc1OC. The number of amides is 1. The Morgan fingerprint density at radius 3 is 2.34 bits per heavy atom. The standard InChI is InChI=1S/C22H18N4O3/c1-28-19-9-8-18(11-20(19)29-2)26-22(27)17(12-23)10-15-13-24-21(25-14-15)16-6-4-3-5-7-16/h3-11,13-14H,1-2H3,(H,26,27). The third-order valence-electron chi connectivity index (χ3n) is 4.02. The van der Waals surface area contributed by atoms with Gasteiger partial charge in [-0.1, -0.05) is 30.3 Å². The Kier molecular flexibility index (Phi) is 6.18. The van der Waals surface area contributed by atoms with Gasteiger partial charge < -0.3 is 14.8 Å². The van der Waals surface area contributed by atoms with Crippen LogP contribution in [0.1, 0.15) is 5.56 Å². The number of nitriles is 1. The molecule has 0 atom stereocenters. The van der Waals surface area contributed by atoms with Gasteiger partial charge in [-0.05, 0) is 18.2 Å². The van der Waals surface area contributed by atoms with Gasteiger partial charge in [0.1, 0.15) is 11.6 Å². The highest BCUT2D eigenvalue weighted by Gasteiger charge is 2.12. The lowest BCUT2D eigenvalue weighted by Gasteiger charge is -2.10. The second-order valence-electron chi connectivity index (χ2n) is 5.90. The molecule has 7 nitrogen and oxygen atoms in total. The number of methoxy groups -OCH3 is 2. The maximum Gasteiger partial charge on any atom is 0.266 e. The Morgan fingerprint density at radius 2 is 1.72 bits per heavy atom. The lowest BCUT2D eigenvalue weighted by Crippen LogP contribution is -2.13. The number of nitrogens with zero attached hydrogens (tertiary/aromatic N) is 3.